The molecule has 0 aliphatic carbocycles. The van der Waals surface area contributed by atoms with Gasteiger partial charge in [0.15, 0.2) is 9.84 Å². The number of nitrogens with zero attached hydrogens (tertiary/aromatic N) is 2. The molecule has 0 unspecified atom stereocenters. The van der Waals surface area contributed by atoms with E-state index in [4.69, 9.17) is 4.74 Å². The number of H-pyrrole nitrogens is 1. The van der Waals surface area contributed by atoms with Crippen molar-refractivity contribution in [2.45, 2.75) is 19.4 Å². The number of rotatable bonds is 4. The minimum absolute atomic E-state index is 0.00191. The van der Waals surface area contributed by atoms with Crippen LogP contribution in [0.15, 0.2) is 34.1 Å². The van der Waals surface area contributed by atoms with Gasteiger partial charge >= 0.3 is 0 Å². The maximum atomic E-state index is 12.5. The molecule has 1 N–H and O–H groups in total. The highest BCUT2D eigenvalue weighted by molar-refractivity contribution is 7.91. The van der Waals surface area contributed by atoms with E-state index in [9.17, 15) is 13.2 Å². The van der Waals surface area contributed by atoms with Gasteiger partial charge in [0.2, 0.25) is 0 Å². The van der Waals surface area contributed by atoms with Gasteiger partial charge in [0.25, 0.3) is 5.56 Å². The minimum atomic E-state index is -3.05. The van der Waals surface area contributed by atoms with E-state index in [1.54, 1.807) is 38.3 Å². The van der Waals surface area contributed by atoms with Crippen LogP contribution >= 0.6 is 0 Å². The number of hydrogen-bond donors (Lipinski definition) is 1. The lowest BCUT2D eigenvalue weighted by atomic mass is 10.2. The second kappa shape index (κ2) is 6.27. The fourth-order valence-corrected chi connectivity index (χ4v) is 4.48. The normalized spacial score (nSPS) is 19.8. The molecule has 0 bridgehead atoms. The summed E-state index contributed by atoms with van der Waals surface area (Å²) in [4.78, 5) is 16.8. The van der Waals surface area contributed by atoms with Gasteiger partial charge in [-0.1, -0.05) is 0 Å². The third kappa shape index (κ3) is 3.28. The molecule has 1 atom stereocenters. The average Bonchev–Trinajstić information content (AvgIpc) is 3.05. The Bertz CT molecular complexity index is 923. The van der Waals surface area contributed by atoms with Crippen molar-refractivity contribution in [2.24, 2.45) is 4.99 Å². The second-order valence-electron chi connectivity index (χ2n) is 5.84. The van der Waals surface area contributed by atoms with Crippen LogP contribution < -0.4 is 10.3 Å². The summed E-state index contributed by atoms with van der Waals surface area (Å²) >= 11 is 0. The molecule has 1 saturated heterocycles. The molecule has 1 aromatic heterocycles. The Kier molecular flexibility index (Phi) is 4.31. The Labute approximate surface area is 139 Å². The van der Waals surface area contributed by atoms with E-state index in [0.29, 0.717) is 23.4 Å². The standard InChI is InChI=1S/C16H19N3O4S/c1-11-15(9-17-12-3-5-14(23-2)6-4-12)16(20)19(18-11)13-7-8-24(21,22)10-13/h3-6,9,13,18H,7-8,10H2,1-2H3/t13-/m0/s1. The highest BCUT2D eigenvalue weighted by Gasteiger charge is 2.31. The maximum Gasteiger partial charge on any atom is 0.275 e. The van der Waals surface area contributed by atoms with Crippen molar-refractivity contribution in [1.29, 1.82) is 0 Å². The van der Waals surface area contributed by atoms with E-state index in [1.807, 2.05) is 0 Å². The van der Waals surface area contributed by atoms with Crippen LogP contribution in [0, 0.1) is 6.92 Å². The fraction of sp³-hybridized carbons (Fsp3) is 0.375. The molecular weight excluding hydrogens is 330 g/mol. The predicted octanol–water partition coefficient (Wildman–Crippen LogP) is 1.60. The molecule has 1 fully saturated rings. The van der Waals surface area contributed by atoms with Gasteiger partial charge in [0.1, 0.15) is 5.75 Å². The number of methoxy groups -OCH3 is 1. The summed E-state index contributed by atoms with van der Waals surface area (Å²) in [6, 6.07) is 6.83. The Hall–Kier alpha value is -2.35. The molecule has 1 aliphatic rings. The summed E-state index contributed by atoms with van der Waals surface area (Å²) in [7, 11) is -1.46. The first-order chi connectivity index (χ1) is 11.4. The molecule has 0 spiro atoms. The first-order valence-electron chi connectivity index (χ1n) is 7.59. The van der Waals surface area contributed by atoms with Gasteiger partial charge in [0, 0.05) is 11.9 Å². The Balaban J connectivity index is 1.86. The Morgan fingerprint density at radius 3 is 2.62 bits per heavy atom. The zero-order chi connectivity index (χ0) is 17.3. The molecule has 8 heteroatoms. The van der Waals surface area contributed by atoms with E-state index in [0.717, 1.165) is 5.75 Å². The lowest BCUT2D eigenvalue weighted by Gasteiger charge is -2.07. The van der Waals surface area contributed by atoms with Gasteiger partial charge in [-0.05, 0) is 37.6 Å². The number of sulfone groups is 1. The minimum Gasteiger partial charge on any atom is -0.497 e. The van der Waals surface area contributed by atoms with E-state index in [-0.39, 0.29) is 23.1 Å². The zero-order valence-corrected chi connectivity index (χ0v) is 14.3. The summed E-state index contributed by atoms with van der Waals surface area (Å²) in [5.74, 6) is 0.857. The highest BCUT2D eigenvalue weighted by Crippen LogP contribution is 2.22. The van der Waals surface area contributed by atoms with Crippen LogP contribution in [0.3, 0.4) is 0 Å². The highest BCUT2D eigenvalue weighted by atomic mass is 32.2. The van der Waals surface area contributed by atoms with Gasteiger partial charge in [0.05, 0.1) is 35.9 Å². The van der Waals surface area contributed by atoms with Crippen LogP contribution in [-0.2, 0) is 9.84 Å². The van der Waals surface area contributed by atoms with Gasteiger partial charge in [-0.15, -0.1) is 0 Å². The van der Waals surface area contributed by atoms with Crippen LogP contribution in [0.4, 0.5) is 5.69 Å². The lowest BCUT2D eigenvalue weighted by molar-refractivity contribution is 0.415. The molecule has 24 heavy (non-hydrogen) atoms. The zero-order valence-electron chi connectivity index (χ0n) is 13.5. The van der Waals surface area contributed by atoms with Crippen LogP contribution in [0.25, 0.3) is 0 Å². The predicted molar refractivity (Wildman–Crippen MR) is 92.3 cm³/mol. The smallest absolute Gasteiger partial charge is 0.275 e. The third-order valence-corrected chi connectivity index (χ3v) is 5.88. The summed E-state index contributed by atoms with van der Waals surface area (Å²) in [5.41, 5.74) is 1.56. The van der Waals surface area contributed by atoms with E-state index in [2.05, 4.69) is 10.1 Å². The topological polar surface area (TPSA) is 93.5 Å². The van der Waals surface area contributed by atoms with Crippen LogP contribution in [0.2, 0.25) is 0 Å². The summed E-state index contributed by atoms with van der Waals surface area (Å²) in [5, 5.41) is 2.98. The molecule has 3 rings (SSSR count). The average molecular weight is 349 g/mol. The largest absolute Gasteiger partial charge is 0.497 e. The summed E-state index contributed by atoms with van der Waals surface area (Å²) in [6.45, 7) is 1.77. The van der Waals surface area contributed by atoms with Crippen molar-refractivity contribution < 1.29 is 13.2 Å². The number of nitrogens with one attached hydrogen (secondary N) is 1. The number of benzene rings is 1. The third-order valence-electron chi connectivity index (χ3n) is 4.13. The molecule has 128 valence electrons. The van der Waals surface area contributed by atoms with Gasteiger partial charge < -0.3 is 4.74 Å². The number of aromatic nitrogens is 2. The van der Waals surface area contributed by atoms with Gasteiger partial charge in [-0.25, -0.2) is 13.1 Å². The maximum absolute atomic E-state index is 12.5. The first-order valence-corrected chi connectivity index (χ1v) is 9.41. The van der Waals surface area contributed by atoms with Crippen LogP contribution in [0.1, 0.15) is 23.7 Å². The van der Waals surface area contributed by atoms with E-state index in [1.165, 1.54) is 10.9 Å². The molecule has 1 aliphatic heterocycles. The summed E-state index contributed by atoms with van der Waals surface area (Å²) in [6.07, 6.45) is 1.97. The number of aryl methyl sites for hydroxylation is 1. The van der Waals surface area contributed by atoms with Crippen molar-refractivity contribution in [2.75, 3.05) is 18.6 Å². The molecule has 0 saturated carbocycles. The lowest BCUT2D eigenvalue weighted by Crippen LogP contribution is -2.25. The number of ether oxygens (including phenoxy) is 1. The fourth-order valence-electron chi connectivity index (χ4n) is 2.78. The molecule has 0 amide bonds. The van der Waals surface area contributed by atoms with Gasteiger partial charge in [-0.2, -0.15) is 0 Å². The number of hydrogen-bond acceptors (Lipinski definition) is 5. The quantitative estimate of drug-likeness (QED) is 0.849. The van der Waals surface area contributed by atoms with E-state index >= 15 is 0 Å². The molecule has 2 aromatic rings. The van der Waals surface area contributed by atoms with Crippen molar-refractivity contribution in [3.05, 3.63) is 45.9 Å². The van der Waals surface area contributed by atoms with E-state index < -0.39 is 9.84 Å². The number of aromatic amines is 1. The molecule has 7 nitrogen and oxygen atoms in total. The molecular formula is C16H19N3O4S. The summed E-state index contributed by atoms with van der Waals surface area (Å²) < 4.78 is 29.7. The van der Waals surface area contributed by atoms with Crippen LogP contribution in [0.5, 0.6) is 5.75 Å². The molecule has 1 aromatic carbocycles. The molecule has 0 radical (unpaired) electrons. The molecule has 2 heterocycles. The SMILES string of the molecule is COc1ccc(N=Cc2c(C)[nH]n([C@H]3CCS(=O)(=O)C3)c2=O)cc1. The van der Waals surface area contributed by atoms with Crippen LogP contribution in [-0.4, -0.2) is 43.0 Å². The van der Waals surface area contributed by atoms with Crippen molar-refractivity contribution in [3.63, 3.8) is 0 Å². The second-order valence-corrected chi connectivity index (χ2v) is 8.07. The Morgan fingerprint density at radius 2 is 2.04 bits per heavy atom. The van der Waals surface area contributed by atoms with Crippen molar-refractivity contribution >= 4 is 21.7 Å². The monoisotopic (exact) mass is 349 g/mol. The van der Waals surface area contributed by atoms with Gasteiger partial charge in [-0.3, -0.25) is 14.9 Å². The number of aliphatic imine (C=N–C) groups is 1. The van der Waals surface area contributed by atoms with Crippen molar-refractivity contribution in [1.82, 2.24) is 9.78 Å². The van der Waals surface area contributed by atoms with Crippen molar-refractivity contribution in [3.8, 4) is 5.75 Å². The Morgan fingerprint density at radius 1 is 1.33 bits per heavy atom. The first kappa shape index (κ1) is 16.5.